The van der Waals surface area contributed by atoms with Gasteiger partial charge in [0.1, 0.15) is 0 Å². The van der Waals surface area contributed by atoms with Crippen LogP contribution in [0.25, 0.3) is 0 Å². The summed E-state index contributed by atoms with van der Waals surface area (Å²) in [5.74, 6) is -1.94. The molecule has 0 atom stereocenters. The average Bonchev–Trinajstić information content (AvgIpc) is 3.15. The van der Waals surface area contributed by atoms with Crippen molar-refractivity contribution < 1.29 is 32.3 Å². The van der Waals surface area contributed by atoms with Crippen molar-refractivity contribution in [3.63, 3.8) is 0 Å². The fourth-order valence-corrected chi connectivity index (χ4v) is 4.23. The Hall–Kier alpha value is -2.78. The van der Waals surface area contributed by atoms with Crippen molar-refractivity contribution in [2.45, 2.75) is 44.2 Å². The summed E-state index contributed by atoms with van der Waals surface area (Å²) >= 11 is 0. The van der Waals surface area contributed by atoms with Crippen molar-refractivity contribution in [1.82, 2.24) is 9.80 Å². The minimum atomic E-state index is -4.83. The number of likely N-dealkylation sites (tertiary alicyclic amines) is 1. The standard InChI is InChI=1S/C22H28F3N3O4/c1-32-19(29)4-2-3-11-27-14-15-28(21(27)31)18-7-5-16(6-8-18)17-9-12-26(13-10-17)20(30)22(23,24)25/h5-8,17H,2-4,9-15H2,1H3. The van der Waals surface area contributed by atoms with Gasteiger partial charge in [0.05, 0.1) is 7.11 Å². The third kappa shape index (κ3) is 5.72. The number of piperidine rings is 1. The first-order valence-corrected chi connectivity index (χ1v) is 10.8. The van der Waals surface area contributed by atoms with Crippen LogP contribution in [0.1, 0.15) is 43.6 Å². The molecule has 3 rings (SSSR count). The third-order valence-corrected chi connectivity index (χ3v) is 6.08. The normalized spacial score (nSPS) is 17.8. The van der Waals surface area contributed by atoms with E-state index in [1.165, 1.54) is 7.11 Å². The number of hydrogen-bond donors (Lipinski definition) is 0. The quantitative estimate of drug-likeness (QED) is 0.466. The summed E-state index contributed by atoms with van der Waals surface area (Å²) in [6.07, 6.45) is -2.15. The highest BCUT2D eigenvalue weighted by Gasteiger charge is 2.43. The summed E-state index contributed by atoms with van der Waals surface area (Å²) in [7, 11) is 1.35. The number of alkyl halides is 3. The first-order chi connectivity index (χ1) is 15.2. The second-order valence-electron chi connectivity index (χ2n) is 8.11. The van der Waals surface area contributed by atoms with Gasteiger partial charge in [-0.15, -0.1) is 0 Å². The molecule has 1 aromatic carbocycles. The zero-order valence-electron chi connectivity index (χ0n) is 18.1. The molecule has 10 heteroatoms. The molecule has 2 saturated heterocycles. The molecule has 7 nitrogen and oxygen atoms in total. The minimum absolute atomic E-state index is 0.0743. The van der Waals surface area contributed by atoms with Gasteiger partial charge in [0, 0.05) is 44.8 Å². The Morgan fingerprint density at radius 2 is 1.69 bits per heavy atom. The Balaban J connectivity index is 1.49. The number of esters is 1. The number of benzene rings is 1. The molecule has 0 N–H and O–H groups in total. The van der Waals surface area contributed by atoms with Crippen LogP contribution in [0.5, 0.6) is 0 Å². The highest BCUT2D eigenvalue weighted by atomic mass is 19.4. The van der Waals surface area contributed by atoms with Gasteiger partial charge in [-0.25, -0.2) is 4.79 Å². The number of anilines is 1. The van der Waals surface area contributed by atoms with E-state index in [0.29, 0.717) is 45.3 Å². The fraction of sp³-hybridized carbons (Fsp3) is 0.591. The van der Waals surface area contributed by atoms with E-state index in [0.717, 1.165) is 22.6 Å². The van der Waals surface area contributed by atoms with Crippen molar-refractivity contribution in [3.8, 4) is 0 Å². The molecule has 0 unspecified atom stereocenters. The lowest BCUT2D eigenvalue weighted by atomic mass is 9.89. The molecular formula is C22H28F3N3O4. The Kier molecular flexibility index (Phi) is 7.63. The predicted molar refractivity (Wildman–Crippen MR) is 111 cm³/mol. The van der Waals surface area contributed by atoms with Crippen molar-refractivity contribution in [2.24, 2.45) is 0 Å². The van der Waals surface area contributed by atoms with Crippen LogP contribution in [0, 0.1) is 0 Å². The molecule has 32 heavy (non-hydrogen) atoms. The molecule has 0 bridgehead atoms. The maximum atomic E-state index is 12.7. The Bertz CT molecular complexity index is 821. The van der Waals surface area contributed by atoms with Gasteiger partial charge in [0.15, 0.2) is 0 Å². The van der Waals surface area contributed by atoms with Gasteiger partial charge in [0.25, 0.3) is 0 Å². The monoisotopic (exact) mass is 455 g/mol. The molecule has 1 aromatic rings. The van der Waals surface area contributed by atoms with E-state index in [4.69, 9.17) is 0 Å². The number of ether oxygens (including phenoxy) is 1. The summed E-state index contributed by atoms with van der Waals surface area (Å²) in [4.78, 5) is 39.6. The van der Waals surface area contributed by atoms with E-state index >= 15 is 0 Å². The lowest BCUT2D eigenvalue weighted by molar-refractivity contribution is -0.186. The van der Waals surface area contributed by atoms with E-state index in [-0.39, 0.29) is 31.0 Å². The van der Waals surface area contributed by atoms with Crippen LogP contribution in [0.15, 0.2) is 24.3 Å². The minimum Gasteiger partial charge on any atom is -0.469 e. The number of carbonyl (C=O) groups excluding carboxylic acids is 3. The zero-order valence-corrected chi connectivity index (χ0v) is 18.1. The number of carbonyl (C=O) groups is 3. The summed E-state index contributed by atoms with van der Waals surface area (Å²) in [6.45, 7) is 1.94. The van der Waals surface area contributed by atoms with E-state index in [9.17, 15) is 27.6 Å². The Morgan fingerprint density at radius 3 is 2.28 bits per heavy atom. The van der Waals surface area contributed by atoms with E-state index in [1.807, 2.05) is 24.3 Å². The molecule has 2 aliphatic heterocycles. The topological polar surface area (TPSA) is 70.2 Å². The maximum absolute atomic E-state index is 12.7. The SMILES string of the molecule is COC(=O)CCCCN1CCN(c2ccc(C3CCN(C(=O)C(F)(F)F)CC3)cc2)C1=O. The molecule has 176 valence electrons. The van der Waals surface area contributed by atoms with E-state index in [2.05, 4.69) is 4.74 Å². The fourth-order valence-electron chi connectivity index (χ4n) is 4.23. The van der Waals surface area contributed by atoms with Gasteiger partial charge in [-0.05, 0) is 49.3 Å². The number of methoxy groups -OCH3 is 1. The largest absolute Gasteiger partial charge is 0.471 e. The molecule has 0 spiro atoms. The molecule has 0 aliphatic carbocycles. The van der Waals surface area contributed by atoms with Crippen LogP contribution >= 0.6 is 0 Å². The number of halogens is 3. The highest BCUT2D eigenvalue weighted by molar-refractivity contribution is 5.94. The Labute approximate surface area is 185 Å². The zero-order chi connectivity index (χ0) is 23.3. The summed E-state index contributed by atoms with van der Waals surface area (Å²) in [5, 5.41) is 0. The van der Waals surface area contributed by atoms with Gasteiger partial charge >= 0.3 is 24.1 Å². The van der Waals surface area contributed by atoms with Gasteiger partial charge in [0.2, 0.25) is 0 Å². The van der Waals surface area contributed by atoms with Gasteiger partial charge in [-0.2, -0.15) is 13.2 Å². The predicted octanol–water partition coefficient (Wildman–Crippen LogP) is 3.54. The third-order valence-electron chi connectivity index (χ3n) is 6.08. The Morgan fingerprint density at radius 1 is 1.03 bits per heavy atom. The van der Waals surface area contributed by atoms with Crippen LogP contribution in [-0.4, -0.2) is 73.7 Å². The lowest BCUT2D eigenvalue weighted by Gasteiger charge is -2.32. The first kappa shape index (κ1) is 23.9. The number of hydrogen-bond acceptors (Lipinski definition) is 4. The van der Waals surface area contributed by atoms with Crippen LogP contribution in [0.3, 0.4) is 0 Å². The van der Waals surface area contributed by atoms with Gasteiger partial charge < -0.3 is 14.5 Å². The first-order valence-electron chi connectivity index (χ1n) is 10.8. The number of rotatable bonds is 7. The number of urea groups is 1. The van der Waals surface area contributed by atoms with Crippen LogP contribution < -0.4 is 4.90 Å². The summed E-state index contributed by atoms with van der Waals surface area (Å²) in [6, 6.07) is 7.47. The van der Waals surface area contributed by atoms with Crippen molar-refractivity contribution >= 4 is 23.6 Å². The van der Waals surface area contributed by atoms with Gasteiger partial charge in [-0.1, -0.05) is 12.1 Å². The molecular weight excluding hydrogens is 427 g/mol. The van der Waals surface area contributed by atoms with Gasteiger partial charge in [-0.3, -0.25) is 14.5 Å². The second-order valence-corrected chi connectivity index (χ2v) is 8.11. The van der Waals surface area contributed by atoms with Crippen LogP contribution in [0.4, 0.5) is 23.7 Å². The van der Waals surface area contributed by atoms with Crippen molar-refractivity contribution in [3.05, 3.63) is 29.8 Å². The molecule has 0 saturated carbocycles. The highest BCUT2D eigenvalue weighted by Crippen LogP contribution is 2.32. The maximum Gasteiger partial charge on any atom is 0.471 e. The number of nitrogens with zero attached hydrogens (tertiary/aromatic N) is 3. The molecule has 3 amide bonds. The number of amides is 3. The molecule has 0 radical (unpaired) electrons. The molecule has 2 heterocycles. The summed E-state index contributed by atoms with van der Waals surface area (Å²) < 4.78 is 42.4. The molecule has 0 aromatic heterocycles. The molecule has 2 fully saturated rings. The van der Waals surface area contributed by atoms with E-state index in [1.54, 1.807) is 9.80 Å². The van der Waals surface area contributed by atoms with Crippen molar-refractivity contribution in [1.29, 1.82) is 0 Å². The second kappa shape index (κ2) is 10.2. The van der Waals surface area contributed by atoms with Crippen molar-refractivity contribution in [2.75, 3.05) is 44.7 Å². The van der Waals surface area contributed by atoms with Crippen LogP contribution in [0.2, 0.25) is 0 Å². The number of unbranched alkanes of at least 4 members (excludes halogenated alkanes) is 1. The summed E-state index contributed by atoms with van der Waals surface area (Å²) in [5.41, 5.74) is 1.78. The average molecular weight is 455 g/mol. The van der Waals surface area contributed by atoms with E-state index < -0.39 is 12.1 Å². The molecule has 2 aliphatic rings. The lowest BCUT2D eigenvalue weighted by Crippen LogP contribution is -2.45. The smallest absolute Gasteiger partial charge is 0.469 e. The van der Waals surface area contributed by atoms with Crippen LogP contribution in [-0.2, 0) is 14.3 Å².